The lowest BCUT2D eigenvalue weighted by atomic mass is 10.1. The van der Waals surface area contributed by atoms with E-state index in [9.17, 15) is 8.42 Å². The summed E-state index contributed by atoms with van der Waals surface area (Å²) in [6.45, 7) is 1.32. The molecule has 102 valence electrons. The van der Waals surface area contributed by atoms with Gasteiger partial charge in [-0.25, -0.2) is 8.42 Å². The fourth-order valence-corrected chi connectivity index (χ4v) is 4.21. The highest BCUT2D eigenvalue weighted by atomic mass is 32.2. The van der Waals surface area contributed by atoms with Crippen molar-refractivity contribution in [2.45, 2.75) is 44.6 Å². The average Bonchev–Trinajstić information content (AvgIpc) is 2.75. The Morgan fingerprint density at radius 1 is 1.29 bits per heavy atom. The largest absolute Gasteiger partial charge is 0.396 e. The Labute approximate surface area is 104 Å². The van der Waals surface area contributed by atoms with Crippen LogP contribution in [0.3, 0.4) is 0 Å². The molecule has 0 aromatic heterocycles. The minimum Gasteiger partial charge on any atom is -0.396 e. The van der Waals surface area contributed by atoms with Crippen LogP contribution in [-0.2, 0) is 10.0 Å². The molecule has 0 spiro atoms. The number of hydrogen-bond donors (Lipinski definition) is 2. The first-order chi connectivity index (χ1) is 8.11. The Bertz CT molecular complexity index is 306. The Hall–Kier alpha value is -0.170. The van der Waals surface area contributed by atoms with Gasteiger partial charge in [-0.15, -0.1) is 0 Å². The summed E-state index contributed by atoms with van der Waals surface area (Å²) in [6.07, 6.45) is 4.71. The topological polar surface area (TPSA) is 83.6 Å². The van der Waals surface area contributed by atoms with Crippen molar-refractivity contribution >= 4 is 10.0 Å². The van der Waals surface area contributed by atoms with Crippen LogP contribution in [0.2, 0.25) is 0 Å². The smallest absolute Gasteiger partial charge is 0.214 e. The second-order valence-electron chi connectivity index (χ2n) is 4.58. The van der Waals surface area contributed by atoms with Gasteiger partial charge >= 0.3 is 0 Å². The molecule has 0 aromatic carbocycles. The molecule has 1 aliphatic rings. The van der Waals surface area contributed by atoms with Crippen molar-refractivity contribution < 1.29 is 13.5 Å². The van der Waals surface area contributed by atoms with Gasteiger partial charge in [-0.2, -0.15) is 4.31 Å². The van der Waals surface area contributed by atoms with Crippen LogP contribution in [0.25, 0.3) is 0 Å². The molecule has 1 unspecified atom stereocenters. The molecule has 0 radical (unpaired) electrons. The van der Waals surface area contributed by atoms with Gasteiger partial charge in [0, 0.05) is 19.2 Å². The molecule has 0 amide bonds. The fraction of sp³-hybridized carbons (Fsp3) is 1.00. The highest BCUT2D eigenvalue weighted by Gasteiger charge is 2.32. The van der Waals surface area contributed by atoms with E-state index in [0.29, 0.717) is 25.9 Å². The standard InChI is InChI=1S/C11H24N2O3S/c12-7-1-2-10-17(15,16)13-8-3-5-11(13)6-4-9-14/h11,14H,1-10,12H2. The molecule has 3 N–H and O–H groups in total. The highest BCUT2D eigenvalue weighted by molar-refractivity contribution is 7.89. The third-order valence-electron chi connectivity index (χ3n) is 3.23. The average molecular weight is 264 g/mol. The molecule has 0 aromatic rings. The van der Waals surface area contributed by atoms with Crippen molar-refractivity contribution in [1.29, 1.82) is 0 Å². The van der Waals surface area contributed by atoms with Gasteiger partial charge in [0.15, 0.2) is 0 Å². The van der Waals surface area contributed by atoms with E-state index in [1.165, 1.54) is 0 Å². The maximum atomic E-state index is 12.1. The summed E-state index contributed by atoms with van der Waals surface area (Å²) < 4.78 is 25.8. The molecule has 5 nitrogen and oxygen atoms in total. The minimum absolute atomic E-state index is 0.102. The Kier molecular flexibility index (Phi) is 6.40. The number of sulfonamides is 1. The zero-order valence-electron chi connectivity index (χ0n) is 10.3. The van der Waals surface area contributed by atoms with E-state index in [0.717, 1.165) is 25.7 Å². The van der Waals surface area contributed by atoms with Gasteiger partial charge in [-0.3, -0.25) is 0 Å². The van der Waals surface area contributed by atoms with Gasteiger partial charge in [0.25, 0.3) is 0 Å². The minimum atomic E-state index is -3.12. The summed E-state index contributed by atoms with van der Waals surface area (Å²) in [5.74, 6) is 0.208. The van der Waals surface area contributed by atoms with Crippen molar-refractivity contribution in [1.82, 2.24) is 4.31 Å². The number of aliphatic hydroxyl groups is 1. The van der Waals surface area contributed by atoms with Crippen LogP contribution in [0.15, 0.2) is 0 Å². The Morgan fingerprint density at radius 2 is 2.06 bits per heavy atom. The summed E-state index contributed by atoms with van der Waals surface area (Å²) in [4.78, 5) is 0. The van der Waals surface area contributed by atoms with E-state index < -0.39 is 10.0 Å². The van der Waals surface area contributed by atoms with Crippen molar-refractivity contribution in [3.05, 3.63) is 0 Å². The van der Waals surface area contributed by atoms with Crippen molar-refractivity contribution in [2.24, 2.45) is 5.73 Å². The summed E-state index contributed by atoms with van der Waals surface area (Å²) in [5.41, 5.74) is 5.37. The molecule has 1 saturated heterocycles. The lowest BCUT2D eigenvalue weighted by Crippen LogP contribution is -2.37. The van der Waals surface area contributed by atoms with Crippen LogP contribution in [0.4, 0.5) is 0 Å². The van der Waals surface area contributed by atoms with Gasteiger partial charge in [-0.1, -0.05) is 0 Å². The maximum absolute atomic E-state index is 12.1. The third-order valence-corrected chi connectivity index (χ3v) is 5.23. The maximum Gasteiger partial charge on any atom is 0.214 e. The first-order valence-electron chi connectivity index (χ1n) is 6.42. The predicted molar refractivity (Wildman–Crippen MR) is 68.1 cm³/mol. The van der Waals surface area contributed by atoms with Crippen molar-refractivity contribution in [2.75, 3.05) is 25.4 Å². The molecule has 0 bridgehead atoms. The van der Waals surface area contributed by atoms with Crippen LogP contribution in [-0.4, -0.2) is 49.3 Å². The SMILES string of the molecule is NCCCCS(=O)(=O)N1CCCC1CCCO. The second-order valence-corrected chi connectivity index (χ2v) is 6.63. The van der Waals surface area contributed by atoms with Gasteiger partial charge in [0.05, 0.1) is 5.75 Å². The predicted octanol–water partition coefficient (Wildman–Crippen LogP) is 0.292. The van der Waals surface area contributed by atoms with Crippen molar-refractivity contribution in [3.8, 4) is 0 Å². The molecule has 1 heterocycles. The van der Waals surface area contributed by atoms with Gasteiger partial charge in [-0.05, 0) is 45.1 Å². The molecule has 1 rings (SSSR count). The normalized spacial score (nSPS) is 22.1. The number of aliphatic hydroxyl groups excluding tert-OH is 1. The summed E-state index contributed by atoms with van der Waals surface area (Å²) in [5, 5.41) is 8.81. The Morgan fingerprint density at radius 3 is 2.71 bits per heavy atom. The monoisotopic (exact) mass is 264 g/mol. The van der Waals surface area contributed by atoms with Gasteiger partial charge in [0.1, 0.15) is 0 Å². The highest BCUT2D eigenvalue weighted by Crippen LogP contribution is 2.25. The number of rotatable bonds is 8. The fourth-order valence-electron chi connectivity index (χ4n) is 2.34. The van der Waals surface area contributed by atoms with Crippen LogP contribution in [0, 0.1) is 0 Å². The number of nitrogens with two attached hydrogens (primary N) is 1. The molecule has 1 aliphatic heterocycles. The lowest BCUT2D eigenvalue weighted by molar-refractivity contribution is 0.264. The first-order valence-corrected chi connectivity index (χ1v) is 8.03. The lowest BCUT2D eigenvalue weighted by Gasteiger charge is -2.23. The first kappa shape index (κ1) is 14.9. The van der Waals surface area contributed by atoms with Crippen LogP contribution in [0.5, 0.6) is 0 Å². The zero-order valence-corrected chi connectivity index (χ0v) is 11.2. The molecular formula is C11H24N2O3S. The van der Waals surface area contributed by atoms with E-state index in [-0.39, 0.29) is 18.4 Å². The summed E-state index contributed by atoms with van der Waals surface area (Å²) in [6, 6.07) is 0.102. The number of unbranched alkanes of at least 4 members (excludes halogenated alkanes) is 1. The van der Waals surface area contributed by atoms with Gasteiger partial charge in [0.2, 0.25) is 10.0 Å². The van der Waals surface area contributed by atoms with E-state index in [1.807, 2.05) is 0 Å². The van der Waals surface area contributed by atoms with E-state index in [1.54, 1.807) is 4.31 Å². The number of hydrogen-bond acceptors (Lipinski definition) is 4. The summed E-state index contributed by atoms with van der Waals surface area (Å²) in [7, 11) is -3.12. The molecule has 6 heteroatoms. The molecule has 1 atom stereocenters. The zero-order chi connectivity index (χ0) is 12.7. The van der Waals surface area contributed by atoms with Gasteiger partial charge < -0.3 is 10.8 Å². The molecule has 0 aliphatic carbocycles. The molecular weight excluding hydrogens is 240 g/mol. The number of nitrogens with zero attached hydrogens (tertiary/aromatic N) is 1. The summed E-state index contributed by atoms with van der Waals surface area (Å²) >= 11 is 0. The van der Waals surface area contributed by atoms with Crippen LogP contribution < -0.4 is 5.73 Å². The van der Waals surface area contributed by atoms with E-state index in [4.69, 9.17) is 10.8 Å². The molecule has 17 heavy (non-hydrogen) atoms. The third kappa shape index (κ3) is 4.54. The second kappa shape index (κ2) is 7.31. The Balaban J connectivity index is 2.50. The van der Waals surface area contributed by atoms with E-state index >= 15 is 0 Å². The molecule has 1 fully saturated rings. The van der Waals surface area contributed by atoms with E-state index in [2.05, 4.69) is 0 Å². The van der Waals surface area contributed by atoms with Crippen LogP contribution >= 0.6 is 0 Å². The van der Waals surface area contributed by atoms with Crippen molar-refractivity contribution in [3.63, 3.8) is 0 Å². The molecule has 0 saturated carbocycles. The quantitative estimate of drug-likeness (QED) is 0.617. The van der Waals surface area contributed by atoms with Crippen LogP contribution in [0.1, 0.15) is 38.5 Å².